The van der Waals surface area contributed by atoms with Crippen molar-refractivity contribution in [2.75, 3.05) is 19.6 Å². The molecule has 0 bridgehead atoms. The van der Waals surface area contributed by atoms with Crippen LogP contribution in [0.3, 0.4) is 0 Å². The molecule has 33 heavy (non-hydrogen) atoms. The van der Waals surface area contributed by atoms with E-state index in [2.05, 4.69) is 49.9 Å². The van der Waals surface area contributed by atoms with Crippen LogP contribution in [0, 0.1) is 18.7 Å². The fraction of sp³-hybridized carbons (Fsp3) is 0.345. The Morgan fingerprint density at radius 3 is 2.42 bits per heavy atom. The average Bonchev–Trinajstić information content (AvgIpc) is 3.19. The van der Waals surface area contributed by atoms with Crippen LogP contribution in [0.5, 0.6) is 0 Å². The summed E-state index contributed by atoms with van der Waals surface area (Å²) in [5.41, 5.74) is 4.35. The van der Waals surface area contributed by atoms with Crippen molar-refractivity contribution in [1.82, 2.24) is 9.80 Å². The number of hydrogen-bond donors (Lipinski definition) is 0. The van der Waals surface area contributed by atoms with Gasteiger partial charge in [-0.2, -0.15) is 0 Å². The maximum Gasteiger partial charge on any atom is 0.254 e. The van der Waals surface area contributed by atoms with Crippen molar-refractivity contribution in [1.29, 1.82) is 0 Å². The van der Waals surface area contributed by atoms with Crippen LogP contribution in [-0.2, 0) is 6.54 Å². The summed E-state index contributed by atoms with van der Waals surface area (Å²) in [6.07, 6.45) is 0. The van der Waals surface area contributed by atoms with Gasteiger partial charge in [-0.05, 0) is 67.6 Å². The van der Waals surface area contributed by atoms with Crippen molar-refractivity contribution in [3.8, 4) is 0 Å². The highest BCUT2D eigenvalue weighted by atomic mass is 19.1. The average molecular weight is 445 g/mol. The Bertz CT molecular complexity index is 1080. The van der Waals surface area contributed by atoms with E-state index in [1.54, 1.807) is 12.1 Å². The molecular weight excluding hydrogens is 411 g/mol. The zero-order valence-electron chi connectivity index (χ0n) is 19.7. The van der Waals surface area contributed by atoms with Crippen molar-refractivity contribution in [2.45, 2.75) is 39.3 Å². The van der Waals surface area contributed by atoms with Crippen molar-refractivity contribution >= 4 is 5.91 Å². The smallest absolute Gasteiger partial charge is 0.254 e. The number of likely N-dealkylation sites (tertiary alicyclic amines) is 1. The fourth-order valence-electron chi connectivity index (χ4n) is 5.05. The van der Waals surface area contributed by atoms with Gasteiger partial charge in [0, 0.05) is 43.7 Å². The summed E-state index contributed by atoms with van der Waals surface area (Å²) in [6, 6.07) is 25.1. The van der Waals surface area contributed by atoms with E-state index in [-0.39, 0.29) is 17.8 Å². The Hall–Kier alpha value is -2.98. The molecule has 0 spiro atoms. The van der Waals surface area contributed by atoms with E-state index in [0.29, 0.717) is 24.9 Å². The predicted octanol–water partition coefficient (Wildman–Crippen LogP) is 5.90. The van der Waals surface area contributed by atoms with Crippen molar-refractivity contribution in [2.24, 2.45) is 5.92 Å². The molecule has 0 unspecified atom stereocenters. The number of amides is 1. The lowest BCUT2D eigenvalue weighted by Crippen LogP contribution is -2.42. The summed E-state index contributed by atoms with van der Waals surface area (Å²) >= 11 is 0. The number of carbonyl (C=O) groups is 1. The Morgan fingerprint density at radius 2 is 1.73 bits per heavy atom. The monoisotopic (exact) mass is 444 g/mol. The van der Waals surface area contributed by atoms with Crippen molar-refractivity contribution in [3.63, 3.8) is 0 Å². The topological polar surface area (TPSA) is 23.6 Å². The molecular formula is C29H33FN2O. The Balaban J connectivity index is 1.59. The third kappa shape index (κ3) is 5.51. The standard InChI is InChI=1S/C29H33FN2O/c1-21(2)32(29(33)24-12-5-4-6-13-24)19-25-18-31(17-23-11-9-14-26(30)16-23)20-28(25)27-15-8-7-10-22(27)3/h4-16,21,25,28H,17-20H2,1-3H3/t25-,28-/m0/s1. The lowest BCUT2D eigenvalue weighted by atomic mass is 9.86. The maximum atomic E-state index is 13.8. The third-order valence-electron chi connectivity index (χ3n) is 6.74. The highest BCUT2D eigenvalue weighted by Crippen LogP contribution is 2.36. The first kappa shape index (κ1) is 23.2. The Kier molecular flexibility index (Phi) is 7.24. The van der Waals surface area contributed by atoms with Crippen LogP contribution in [0.15, 0.2) is 78.9 Å². The van der Waals surface area contributed by atoms with E-state index in [9.17, 15) is 9.18 Å². The van der Waals surface area contributed by atoms with Gasteiger partial charge in [-0.3, -0.25) is 9.69 Å². The van der Waals surface area contributed by atoms with E-state index in [0.717, 1.165) is 24.2 Å². The molecule has 1 heterocycles. The zero-order chi connectivity index (χ0) is 23.4. The van der Waals surface area contributed by atoms with Gasteiger partial charge in [0.15, 0.2) is 0 Å². The van der Waals surface area contributed by atoms with E-state index in [1.165, 1.54) is 17.2 Å². The van der Waals surface area contributed by atoms with Gasteiger partial charge in [-0.25, -0.2) is 4.39 Å². The molecule has 4 heteroatoms. The number of hydrogen-bond acceptors (Lipinski definition) is 2. The molecule has 0 N–H and O–H groups in total. The largest absolute Gasteiger partial charge is 0.336 e. The van der Waals surface area contributed by atoms with E-state index in [4.69, 9.17) is 0 Å². The molecule has 1 aliphatic rings. The normalized spacial score (nSPS) is 18.6. The summed E-state index contributed by atoms with van der Waals surface area (Å²) in [4.78, 5) is 17.8. The van der Waals surface area contributed by atoms with Crippen LogP contribution in [0.1, 0.15) is 46.8 Å². The van der Waals surface area contributed by atoms with Crippen LogP contribution < -0.4 is 0 Å². The van der Waals surface area contributed by atoms with Gasteiger partial charge in [0.1, 0.15) is 5.82 Å². The molecule has 0 radical (unpaired) electrons. The molecule has 1 fully saturated rings. The van der Waals surface area contributed by atoms with E-state index >= 15 is 0 Å². The molecule has 1 saturated heterocycles. The first-order valence-corrected chi connectivity index (χ1v) is 11.8. The SMILES string of the molecule is Cc1ccccc1[C@H]1CN(Cc2cccc(F)c2)C[C@H]1CN(C(=O)c1ccccc1)C(C)C. The van der Waals surface area contributed by atoms with Crippen LogP contribution >= 0.6 is 0 Å². The van der Waals surface area contributed by atoms with E-state index in [1.807, 2.05) is 41.3 Å². The van der Waals surface area contributed by atoms with Gasteiger partial charge in [0.25, 0.3) is 5.91 Å². The van der Waals surface area contributed by atoms with Gasteiger partial charge < -0.3 is 4.90 Å². The first-order valence-electron chi connectivity index (χ1n) is 11.8. The van der Waals surface area contributed by atoms with Gasteiger partial charge in [-0.1, -0.05) is 54.6 Å². The maximum absolute atomic E-state index is 13.8. The van der Waals surface area contributed by atoms with Gasteiger partial charge in [0.2, 0.25) is 0 Å². The molecule has 1 amide bonds. The second-order valence-corrected chi connectivity index (χ2v) is 9.46. The minimum Gasteiger partial charge on any atom is -0.336 e. The number of aryl methyl sites for hydroxylation is 1. The number of carbonyl (C=O) groups excluding carboxylic acids is 1. The second-order valence-electron chi connectivity index (χ2n) is 9.46. The second kappa shape index (κ2) is 10.3. The minimum atomic E-state index is -0.196. The van der Waals surface area contributed by atoms with Gasteiger partial charge >= 0.3 is 0 Å². The summed E-state index contributed by atoms with van der Waals surface area (Å²) < 4.78 is 13.8. The quantitative estimate of drug-likeness (QED) is 0.453. The molecule has 0 aromatic heterocycles. The molecule has 3 aromatic carbocycles. The summed E-state index contributed by atoms with van der Waals surface area (Å²) in [5.74, 6) is 0.509. The molecule has 2 atom stereocenters. The fourth-order valence-corrected chi connectivity index (χ4v) is 5.05. The zero-order valence-corrected chi connectivity index (χ0v) is 19.7. The summed E-state index contributed by atoms with van der Waals surface area (Å²) in [7, 11) is 0. The van der Waals surface area contributed by atoms with E-state index < -0.39 is 0 Å². The van der Waals surface area contributed by atoms with Gasteiger partial charge in [0.05, 0.1) is 0 Å². The Morgan fingerprint density at radius 1 is 1.00 bits per heavy atom. The molecule has 0 saturated carbocycles. The Labute approximate surface area is 196 Å². The highest BCUT2D eigenvalue weighted by Gasteiger charge is 2.37. The van der Waals surface area contributed by atoms with Crippen LogP contribution in [0.2, 0.25) is 0 Å². The van der Waals surface area contributed by atoms with Crippen LogP contribution in [0.4, 0.5) is 4.39 Å². The summed E-state index contributed by atoms with van der Waals surface area (Å²) in [6.45, 7) is 9.52. The lowest BCUT2D eigenvalue weighted by molar-refractivity contribution is 0.0668. The number of rotatable bonds is 7. The highest BCUT2D eigenvalue weighted by molar-refractivity contribution is 5.94. The minimum absolute atomic E-state index is 0.0812. The van der Waals surface area contributed by atoms with Crippen LogP contribution in [-0.4, -0.2) is 41.4 Å². The molecule has 1 aliphatic heterocycles. The summed E-state index contributed by atoms with van der Waals surface area (Å²) in [5, 5.41) is 0. The molecule has 3 nitrogen and oxygen atoms in total. The molecule has 172 valence electrons. The molecule has 0 aliphatic carbocycles. The first-order chi connectivity index (χ1) is 15.9. The van der Waals surface area contributed by atoms with Crippen molar-refractivity contribution < 1.29 is 9.18 Å². The van der Waals surface area contributed by atoms with Crippen LogP contribution in [0.25, 0.3) is 0 Å². The lowest BCUT2D eigenvalue weighted by Gasteiger charge is -2.32. The molecule has 3 aromatic rings. The number of halogens is 1. The third-order valence-corrected chi connectivity index (χ3v) is 6.74. The molecule has 4 rings (SSSR count). The van der Waals surface area contributed by atoms with Crippen molar-refractivity contribution in [3.05, 3.63) is 107 Å². The van der Waals surface area contributed by atoms with Gasteiger partial charge in [-0.15, -0.1) is 0 Å². The number of nitrogens with zero attached hydrogens (tertiary/aromatic N) is 2. The number of benzene rings is 3. The predicted molar refractivity (Wildman–Crippen MR) is 132 cm³/mol.